The van der Waals surface area contributed by atoms with Crippen LogP contribution in [0.15, 0.2) is 34.9 Å². The first-order valence-electron chi connectivity index (χ1n) is 6.16. The average Bonchev–Trinajstić information content (AvgIpc) is 3.09. The molecule has 2 aromatic rings. The Morgan fingerprint density at radius 2 is 1.89 bits per heavy atom. The van der Waals surface area contributed by atoms with Crippen LogP contribution in [0.4, 0.5) is 5.95 Å². The molecule has 1 saturated heterocycles. The summed E-state index contributed by atoms with van der Waals surface area (Å²) < 4.78 is 5.14. The Hall–Kier alpha value is -1.88. The Labute approximate surface area is 105 Å². The van der Waals surface area contributed by atoms with Crippen LogP contribution < -0.4 is 4.90 Å². The maximum absolute atomic E-state index is 10.1. The van der Waals surface area contributed by atoms with Gasteiger partial charge in [-0.3, -0.25) is 0 Å². The minimum atomic E-state index is -0.852. The van der Waals surface area contributed by atoms with Crippen molar-refractivity contribution in [1.29, 1.82) is 0 Å². The van der Waals surface area contributed by atoms with E-state index in [1.54, 1.807) is 0 Å². The van der Waals surface area contributed by atoms with E-state index in [9.17, 15) is 5.11 Å². The van der Waals surface area contributed by atoms with E-state index in [0.29, 0.717) is 5.95 Å². The Balaban J connectivity index is 1.80. The minimum absolute atomic E-state index is 0.253. The number of anilines is 1. The second-order valence-corrected chi connectivity index (χ2v) is 4.44. The van der Waals surface area contributed by atoms with Crippen molar-refractivity contribution in [1.82, 2.24) is 10.1 Å². The van der Waals surface area contributed by atoms with Crippen LogP contribution >= 0.6 is 0 Å². The van der Waals surface area contributed by atoms with Crippen LogP contribution in [-0.4, -0.2) is 28.3 Å². The zero-order chi connectivity index (χ0) is 12.4. The lowest BCUT2D eigenvalue weighted by atomic mass is 10.1. The van der Waals surface area contributed by atoms with Gasteiger partial charge in [0.2, 0.25) is 0 Å². The fourth-order valence-electron chi connectivity index (χ4n) is 2.16. The standard InChI is InChI=1S/C13H15N3O2/c17-11(10-6-2-1-3-7-10)12-14-13(15-18-12)16-8-4-5-9-16/h1-3,6-7,11,17H,4-5,8-9H2. The Bertz CT molecular complexity index is 506. The fraction of sp³-hybridized carbons (Fsp3) is 0.385. The highest BCUT2D eigenvalue weighted by molar-refractivity contribution is 5.30. The largest absolute Gasteiger partial charge is 0.378 e. The maximum atomic E-state index is 10.1. The van der Waals surface area contributed by atoms with Gasteiger partial charge in [-0.1, -0.05) is 30.3 Å². The third-order valence-corrected chi connectivity index (χ3v) is 3.17. The smallest absolute Gasteiger partial charge is 0.266 e. The SMILES string of the molecule is OC(c1ccccc1)c1nc(N2CCCC2)no1. The number of aliphatic hydroxyl groups excluding tert-OH is 1. The zero-order valence-electron chi connectivity index (χ0n) is 9.99. The molecule has 1 N–H and O–H groups in total. The van der Waals surface area contributed by atoms with Gasteiger partial charge in [0, 0.05) is 13.1 Å². The number of rotatable bonds is 3. The number of nitrogens with zero attached hydrogens (tertiary/aromatic N) is 3. The van der Waals surface area contributed by atoms with Gasteiger partial charge >= 0.3 is 0 Å². The van der Waals surface area contributed by atoms with Crippen molar-refractivity contribution in [3.63, 3.8) is 0 Å². The summed E-state index contributed by atoms with van der Waals surface area (Å²) in [5, 5.41) is 14.1. The van der Waals surface area contributed by atoms with Gasteiger partial charge < -0.3 is 14.5 Å². The molecule has 18 heavy (non-hydrogen) atoms. The Morgan fingerprint density at radius 3 is 2.61 bits per heavy atom. The topological polar surface area (TPSA) is 62.4 Å². The summed E-state index contributed by atoms with van der Waals surface area (Å²) in [4.78, 5) is 6.34. The van der Waals surface area contributed by atoms with Crippen LogP contribution in [-0.2, 0) is 0 Å². The highest BCUT2D eigenvalue weighted by Gasteiger charge is 2.22. The van der Waals surface area contributed by atoms with Crippen LogP contribution in [0.2, 0.25) is 0 Å². The lowest BCUT2D eigenvalue weighted by molar-refractivity contribution is 0.170. The maximum Gasteiger partial charge on any atom is 0.266 e. The van der Waals surface area contributed by atoms with Gasteiger partial charge in [0.25, 0.3) is 11.8 Å². The van der Waals surface area contributed by atoms with Gasteiger partial charge in [0.15, 0.2) is 6.10 Å². The van der Waals surface area contributed by atoms with E-state index >= 15 is 0 Å². The summed E-state index contributed by atoms with van der Waals surface area (Å²) in [6, 6.07) is 9.32. The number of hydrogen-bond acceptors (Lipinski definition) is 5. The first-order chi connectivity index (χ1) is 8.84. The molecule has 3 rings (SSSR count). The summed E-state index contributed by atoms with van der Waals surface area (Å²) in [6.45, 7) is 1.92. The molecule has 1 aromatic heterocycles. The van der Waals surface area contributed by atoms with Crippen molar-refractivity contribution in [2.45, 2.75) is 18.9 Å². The summed E-state index contributed by atoms with van der Waals surface area (Å²) in [5.41, 5.74) is 0.758. The van der Waals surface area contributed by atoms with Crippen LogP contribution in [0.25, 0.3) is 0 Å². The molecular weight excluding hydrogens is 230 g/mol. The minimum Gasteiger partial charge on any atom is -0.378 e. The summed E-state index contributed by atoms with van der Waals surface area (Å²) in [6.07, 6.45) is 1.46. The van der Waals surface area contributed by atoms with Gasteiger partial charge in [-0.25, -0.2) is 0 Å². The van der Waals surface area contributed by atoms with Crippen molar-refractivity contribution in [3.8, 4) is 0 Å². The average molecular weight is 245 g/mol. The van der Waals surface area contributed by atoms with E-state index < -0.39 is 6.10 Å². The quantitative estimate of drug-likeness (QED) is 0.892. The van der Waals surface area contributed by atoms with Gasteiger partial charge in [-0.2, -0.15) is 4.98 Å². The van der Waals surface area contributed by atoms with E-state index in [4.69, 9.17) is 4.52 Å². The third-order valence-electron chi connectivity index (χ3n) is 3.17. The molecule has 1 aliphatic rings. The van der Waals surface area contributed by atoms with Crippen LogP contribution in [0.3, 0.4) is 0 Å². The molecule has 0 radical (unpaired) electrons. The summed E-state index contributed by atoms with van der Waals surface area (Å²) in [5.74, 6) is 0.834. The van der Waals surface area contributed by atoms with Gasteiger partial charge in [0.05, 0.1) is 0 Å². The molecule has 1 fully saturated rings. The van der Waals surface area contributed by atoms with Crippen LogP contribution in [0.5, 0.6) is 0 Å². The molecule has 5 heteroatoms. The molecule has 1 aromatic carbocycles. The van der Waals surface area contributed by atoms with Crippen molar-refractivity contribution in [2.24, 2.45) is 0 Å². The normalized spacial score (nSPS) is 17.1. The number of aliphatic hydroxyl groups is 1. The predicted molar refractivity (Wildman–Crippen MR) is 66.2 cm³/mol. The number of aromatic nitrogens is 2. The van der Waals surface area contributed by atoms with Crippen molar-refractivity contribution in [3.05, 3.63) is 41.8 Å². The second-order valence-electron chi connectivity index (χ2n) is 4.44. The van der Waals surface area contributed by atoms with E-state index in [2.05, 4.69) is 15.0 Å². The molecule has 2 heterocycles. The molecule has 1 unspecified atom stereocenters. The monoisotopic (exact) mass is 245 g/mol. The molecule has 0 bridgehead atoms. The Kier molecular flexibility index (Phi) is 2.98. The van der Waals surface area contributed by atoms with Gasteiger partial charge in [0.1, 0.15) is 0 Å². The third kappa shape index (κ3) is 2.09. The lowest BCUT2D eigenvalue weighted by Crippen LogP contribution is -2.19. The predicted octanol–water partition coefficient (Wildman–Crippen LogP) is 1.75. The zero-order valence-corrected chi connectivity index (χ0v) is 9.99. The van der Waals surface area contributed by atoms with Crippen LogP contribution in [0, 0.1) is 0 Å². The van der Waals surface area contributed by atoms with E-state index in [1.807, 2.05) is 30.3 Å². The molecule has 5 nitrogen and oxygen atoms in total. The molecular formula is C13H15N3O2. The van der Waals surface area contributed by atoms with E-state index in [0.717, 1.165) is 31.5 Å². The number of hydrogen-bond donors (Lipinski definition) is 1. The molecule has 0 spiro atoms. The fourth-order valence-corrected chi connectivity index (χ4v) is 2.16. The Morgan fingerprint density at radius 1 is 1.17 bits per heavy atom. The summed E-state index contributed by atoms with van der Waals surface area (Å²) in [7, 11) is 0. The summed E-state index contributed by atoms with van der Waals surface area (Å²) >= 11 is 0. The second kappa shape index (κ2) is 4.78. The molecule has 0 saturated carbocycles. The molecule has 1 atom stereocenters. The van der Waals surface area contributed by atoms with Crippen molar-refractivity contribution >= 4 is 5.95 Å². The first kappa shape index (κ1) is 11.2. The molecule has 0 amide bonds. The van der Waals surface area contributed by atoms with Crippen molar-refractivity contribution < 1.29 is 9.63 Å². The van der Waals surface area contributed by atoms with Crippen molar-refractivity contribution in [2.75, 3.05) is 18.0 Å². The van der Waals surface area contributed by atoms with Gasteiger partial charge in [-0.05, 0) is 23.6 Å². The molecule has 94 valence electrons. The molecule has 0 aliphatic carbocycles. The lowest BCUT2D eigenvalue weighted by Gasteiger charge is -2.10. The first-order valence-corrected chi connectivity index (χ1v) is 6.16. The number of benzene rings is 1. The van der Waals surface area contributed by atoms with E-state index in [1.165, 1.54) is 0 Å². The van der Waals surface area contributed by atoms with Gasteiger partial charge in [-0.15, -0.1) is 0 Å². The van der Waals surface area contributed by atoms with Crippen LogP contribution in [0.1, 0.15) is 30.4 Å². The van der Waals surface area contributed by atoms with E-state index in [-0.39, 0.29) is 5.89 Å². The molecule has 1 aliphatic heterocycles. The highest BCUT2D eigenvalue weighted by atomic mass is 16.5. The highest BCUT2D eigenvalue weighted by Crippen LogP contribution is 2.23.